The summed E-state index contributed by atoms with van der Waals surface area (Å²) in [5.74, 6) is 0.0358. The molecule has 0 saturated heterocycles. The molecule has 0 spiro atoms. The van der Waals surface area contributed by atoms with Crippen LogP contribution in [0.25, 0.3) is 4.91 Å². The number of nitrogens with zero attached hydrogens (tertiary/aromatic N) is 2. The number of rotatable bonds is 7. The first-order chi connectivity index (χ1) is 13.8. The van der Waals surface area contributed by atoms with Gasteiger partial charge in [-0.1, -0.05) is 30.5 Å². The maximum atomic E-state index is 10.4. The molecule has 4 atom stereocenters. The Bertz CT molecular complexity index is 895. The zero-order chi connectivity index (χ0) is 21.1. The predicted molar refractivity (Wildman–Crippen MR) is 114 cm³/mol. The van der Waals surface area contributed by atoms with Crippen molar-refractivity contribution < 1.29 is 20.1 Å². The van der Waals surface area contributed by atoms with Crippen molar-refractivity contribution in [2.24, 2.45) is 5.92 Å². The van der Waals surface area contributed by atoms with Crippen LogP contribution in [0.15, 0.2) is 35.7 Å². The standard InChI is InChI=1S/C20H26N4O4S/c1-10-16(11(2)29-15-7-5-4-6-13(15)21)19(24-20(22-10)28-3)23-14-8-12(9-25)17(26)18(14)27/h4-7,12,14,17-18,25-27H,2,8-9,21H2,1,3H3,(H,22,23,24)/t12-,14-,17-,18+/m1/s1. The summed E-state index contributed by atoms with van der Waals surface area (Å²) in [5.41, 5.74) is 8.02. The summed E-state index contributed by atoms with van der Waals surface area (Å²) >= 11 is 1.40. The van der Waals surface area contributed by atoms with Crippen molar-refractivity contribution in [1.82, 2.24) is 9.97 Å². The zero-order valence-corrected chi connectivity index (χ0v) is 17.2. The Labute approximate surface area is 173 Å². The number of methoxy groups -OCH3 is 1. The average Bonchev–Trinajstić information content (AvgIpc) is 2.97. The second-order valence-electron chi connectivity index (χ2n) is 6.99. The van der Waals surface area contributed by atoms with Crippen molar-refractivity contribution >= 4 is 28.2 Å². The van der Waals surface area contributed by atoms with Crippen LogP contribution in [-0.2, 0) is 0 Å². The van der Waals surface area contributed by atoms with Gasteiger partial charge in [0.15, 0.2) is 0 Å². The second kappa shape index (κ2) is 9.00. The number of nitrogen functional groups attached to an aromatic ring is 1. The lowest BCUT2D eigenvalue weighted by atomic mass is 10.1. The zero-order valence-electron chi connectivity index (χ0n) is 16.4. The molecule has 8 nitrogen and oxygen atoms in total. The van der Waals surface area contributed by atoms with Gasteiger partial charge in [0.1, 0.15) is 11.9 Å². The Morgan fingerprint density at radius 3 is 2.66 bits per heavy atom. The first kappa shape index (κ1) is 21.4. The van der Waals surface area contributed by atoms with Gasteiger partial charge in [0.25, 0.3) is 0 Å². The lowest BCUT2D eigenvalue weighted by Crippen LogP contribution is -2.36. The number of para-hydroxylation sites is 1. The van der Waals surface area contributed by atoms with Crippen molar-refractivity contribution in [2.45, 2.75) is 36.5 Å². The van der Waals surface area contributed by atoms with E-state index < -0.39 is 24.2 Å². The van der Waals surface area contributed by atoms with E-state index in [1.54, 1.807) is 0 Å². The highest BCUT2D eigenvalue weighted by molar-refractivity contribution is 8.08. The molecule has 0 radical (unpaired) electrons. The van der Waals surface area contributed by atoms with Crippen LogP contribution in [0.4, 0.5) is 11.5 Å². The molecule has 1 aliphatic carbocycles. The van der Waals surface area contributed by atoms with E-state index in [0.717, 1.165) is 4.90 Å². The largest absolute Gasteiger partial charge is 0.467 e. The predicted octanol–water partition coefficient (Wildman–Crippen LogP) is 1.65. The quantitative estimate of drug-likeness (QED) is 0.336. The molecule has 1 aliphatic rings. The summed E-state index contributed by atoms with van der Waals surface area (Å²) in [5, 5.41) is 33.1. The summed E-state index contributed by atoms with van der Waals surface area (Å²) in [6.07, 6.45) is -1.64. The summed E-state index contributed by atoms with van der Waals surface area (Å²) in [6, 6.07) is 7.17. The van der Waals surface area contributed by atoms with Crippen molar-refractivity contribution in [3.05, 3.63) is 42.1 Å². The molecule has 0 amide bonds. The number of hydrogen-bond acceptors (Lipinski definition) is 9. The molecule has 1 heterocycles. The molecular weight excluding hydrogens is 392 g/mol. The Morgan fingerprint density at radius 2 is 2.03 bits per heavy atom. The molecule has 1 fully saturated rings. The van der Waals surface area contributed by atoms with Gasteiger partial charge in [0, 0.05) is 28.0 Å². The van der Waals surface area contributed by atoms with Gasteiger partial charge in [-0.15, -0.1) is 0 Å². The van der Waals surface area contributed by atoms with E-state index in [-0.39, 0.29) is 12.6 Å². The van der Waals surface area contributed by atoms with Crippen LogP contribution >= 0.6 is 11.8 Å². The van der Waals surface area contributed by atoms with E-state index in [1.165, 1.54) is 18.9 Å². The molecule has 0 aliphatic heterocycles. The average molecular weight is 419 g/mol. The van der Waals surface area contributed by atoms with E-state index in [2.05, 4.69) is 21.9 Å². The van der Waals surface area contributed by atoms with Gasteiger partial charge < -0.3 is 31.1 Å². The SMILES string of the molecule is C=C(Sc1ccccc1N)c1c(C)nc(OC)nc1N[C@@H]1C[C@H](CO)[C@@H](O)[C@H]1O. The smallest absolute Gasteiger partial charge is 0.318 e. The highest BCUT2D eigenvalue weighted by atomic mass is 32.2. The van der Waals surface area contributed by atoms with E-state index in [4.69, 9.17) is 10.5 Å². The Morgan fingerprint density at radius 1 is 1.31 bits per heavy atom. The molecular formula is C20H26N4O4S. The summed E-state index contributed by atoms with van der Waals surface area (Å²) in [6.45, 7) is 5.79. The van der Waals surface area contributed by atoms with Gasteiger partial charge >= 0.3 is 6.01 Å². The van der Waals surface area contributed by atoms with Gasteiger partial charge in [-0.2, -0.15) is 9.97 Å². The van der Waals surface area contributed by atoms with E-state index in [9.17, 15) is 15.3 Å². The van der Waals surface area contributed by atoms with Crippen molar-refractivity contribution in [2.75, 3.05) is 24.8 Å². The number of aromatic nitrogens is 2. The Balaban J connectivity index is 1.93. The summed E-state index contributed by atoms with van der Waals surface area (Å²) < 4.78 is 5.19. The minimum absolute atomic E-state index is 0.178. The number of anilines is 2. The Hall–Kier alpha value is -2.33. The number of aliphatic hydroxyl groups is 3. The normalized spacial score (nSPS) is 23.8. The fourth-order valence-electron chi connectivity index (χ4n) is 3.46. The lowest BCUT2D eigenvalue weighted by molar-refractivity contribution is 0.00445. The van der Waals surface area contributed by atoms with Gasteiger partial charge in [-0.3, -0.25) is 0 Å². The van der Waals surface area contributed by atoms with Crippen LogP contribution in [0.2, 0.25) is 0 Å². The summed E-state index contributed by atoms with van der Waals surface area (Å²) in [7, 11) is 1.47. The van der Waals surface area contributed by atoms with Crippen LogP contribution in [0.3, 0.4) is 0 Å². The maximum Gasteiger partial charge on any atom is 0.318 e. The van der Waals surface area contributed by atoms with Gasteiger partial charge in [0.05, 0.1) is 30.5 Å². The number of hydrogen-bond donors (Lipinski definition) is 5. The van der Waals surface area contributed by atoms with E-state index in [1.807, 2.05) is 31.2 Å². The van der Waals surface area contributed by atoms with Crippen LogP contribution in [0.1, 0.15) is 17.7 Å². The van der Waals surface area contributed by atoms with Crippen LogP contribution in [0, 0.1) is 12.8 Å². The second-order valence-corrected chi connectivity index (χ2v) is 8.13. The van der Waals surface area contributed by atoms with Crippen molar-refractivity contribution in [3.8, 4) is 6.01 Å². The highest BCUT2D eigenvalue weighted by Gasteiger charge is 2.41. The first-order valence-corrected chi connectivity index (χ1v) is 10.0. The molecule has 0 bridgehead atoms. The molecule has 6 N–H and O–H groups in total. The minimum Gasteiger partial charge on any atom is -0.467 e. The fourth-order valence-corrected chi connectivity index (χ4v) is 4.40. The molecule has 1 aromatic heterocycles. The monoisotopic (exact) mass is 418 g/mol. The van der Waals surface area contributed by atoms with Gasteiger partial charge in [0.2, 0.25) is 0 Å². The Kier molecular flexibility index (Phi) is 6.63. The third-order valence-corrected chi connectivity index (χ3v) is 6.08. The molecule has 1 aromatic carbocycles. The van der Waals surface area contributed by atoms with Crippen LogP contribution < -0.4 is 15.8 Å². The number of benzene rings is 1. The fraction of sp³-hybridized carbons (Fsp3) is 0.400. The molecule has 9 heteroatoms. The summed E-state index contributed by atoms with van der Waals surface area (Å²) in [4.78, 5) is 10.3. The highest BCUT2D eigenvalue weighted by Crippen LogP contribution is 2.40. The molecule has 1 saturated carbocycles. The third kappa shape index (κ3) is 4.48. The first-order valence-electron chi connectivity index (χ1n) is 9.23. The molecule has 0 unspecified atom stereocenters. The number of nitrogens with two attached hydrogens (primary N) is 1. The van der Waals surface area contributed by atoms with Crippen molar-refractivity contribution in [1.29, 1.82) is 0 Å². The molecule has 3 rings (SSSR count). The number of aliphatic hydroxyl groups excluding tert-OH is 3. The van der Waals surface area contributed by atoms with Gasteiger partial charge in [-0.05, 0) is 25.5 Å². The van der Waals surface area contributed by atoms with Crippen LogP contribution in [-0.4, -0.2) is 57.3 Å². The number of nitrogens with one attached hydrogen (secondary N) is 1. The molecule has 2 aromatic rings. The minimum atomic E-state index is -1.04. The number of aryl methyl sites for hydroxylation is 1. The molecule has 156 valence electrons. The van der Waals surface area contributed by atoms with E-state index >= 15 is 0 Å². The number of ether oxygens (including phenoxy) is 1. The van der Waals surface area contributed by atoms with Crippen LogP contribution in [0.5, 0.6) is 6.01 Å². The lowest BCUT2D eigenvalue weighted by Gasteiger charge is -2.22. The van der Waals surface area contributed by atoms with E-state index in [0.29, 0.717) is 34.1 Å². The van der Waals surface area contributed by atoms with Gasteiger partial charge in [-0.25, -0.2) is 0 Å². The van der Waals surface area contributed by atoms with Crippen molar-refractivity contribution in [3.63, 3.8) is 0 Å². The molecule has 29 heavy (non-hydrogen) atoms. The maximum absolute atomic E-state index is 10.4. The topological polar surface area (TPSA) is 134 Å². The number of thioether (sulfide) groups is 1. The third-order valence-electron chi connectivity index (χ3n) is 5.04.